The molecule has 132 valence electrons. The third-order valence-corrected chi connectivity index (χ3v) is 4.12. The van der Waals surface area contributed by atoms with Crippen molar-refractivity contribution in [3.05, 3.63) is 83.4 Å². The number of nitrogens with one attached hydrogen (secondary N) is 1. The Morgan fingerprint density at radius 2 is 1.78 bits per heavy atom. The number of hydrogen-bond donors (Lipinski definition) is 2. The summed E-state index contributed by atoms with van der Waals surface area (Å²) in [6.07, 6.45) is 0. The van der Waals surface area contributed by atoms with Crippen LogP contribution in [-0.2, 0) is 6.54 Å². The van der Waals surface area contributed by atoms with E-state index < -0.39 is 5.97 Å². The highest BCUT2D eigenvalue weighted by Gasteiger charge is 2.03. The topological polar surface area (TPSA) is 74.0 Å². The molecule has 0 aliphatic carbocycles. The molecule has 6 heteroatoms. The molecule has 0 unspecified atom stereocenters. The predicted molar refractivity (Wildman–Crippen MR) is 108 cm³/mol. The number of azo groups is 1. The van der Waals surface area contributed by atoms with E-state index in [1.54, 1.807) is 12.1 Å². The zero-order chi connectivity index (χ0) is 19.2. The van der Waals surface area contributed by atoms with E-state index in [0.29, 0.717) is 12.2 Å². The van der Waals surface area contributed by atoms with E-state index in [9.17, 15) is 4.79 Å². The predicted octanol–water partition coefficient (Wildman–Crippen LogP) is 4.51. The SMILES string of the molecule is [B]c1ccccc1CNc1ccc(N=Nc2ccc(C(=O)O)cc2)c(C)c1. The van der Waals surface area contributed by atoms with Gasteiger partial charge >= 0.3 is 5.97 Å². The first-order chi connectivity index (χ1) is 13.0. The van der Waals surface area contributed by atoms with Crippen LogP contribution in [0.5, 0.6) is 0 Å². The number of aromatic carboxylic acids is 1. The second-order valence-corrected chi connectivity index (χ2v) is 6.11. The zero-order valence-corrected chi connectivity index (χ0v) is 14.9. The summed E-state index contributed by atoms with van der Waals surface area (Å²) in [4.78, 5) is 10.9. The molecule has 2 radical (unpaired) electrons. The average molecular weight is 355 g/mol. The number of benzene rings is 3. The van der Waals surface area contributed by atoms with Gasteiger partial charge < -0.3 is 10.4 Å². The summed E-state index contributed by atoms with van der Waals surface area (Å²) in [6.45, 7) is 2.60. The van der Waals surface area contributed by atoms with E-state index >= 15 is 0 Å². The van der Waals surface area contributed by atoms with E-state index in [2.05, 4.69) is 15.5 Å². The smallest absolute Gasteiger partial charge is 0.335 e. The summed E-state index contributed by atoms with van der Waals surface area (Å²) in [5.41, 5.74) is 5.33. The summed E-state index contributed by atoms with van der Waals surface area (Å²) in [5.74, 6) is -0.963. The van der Waals surface area contributed by atoms with Crippen molar-refractivity contribution >= 4 is 36.3 Å². The lowest BCUT2D eigenvalue weighted by atomic mass is 9.91. The van der Waals surface area contributed by atoms with Crippen LogP contribution in [0.3, 0.4) is 0 Å². The standard InChI is InChI=1S/C21H18BN3O2/c1-14-12-18(23-13-16-4-2-3-5-19(16)22)10-11-20(14)25-24-17-8-6-15(7-9-17)21(26)27/h2-12,23H,13H2,1H3,(H,26,27). The van der Waals surface area contributed by atoms with Gasteiger partial charge in [0.1, 0.15) is 7.85 Å². The van der Waals surface area contributed by atoms with Gasteiger partial charge in [-0.25, -0.2) is 4.79 Å². The van der Waals surface area contributed by atoms with Crippen LogP contribution in [0.4, 0.5) is 17.1 Å². The van der Waals surface area contributed by atoms with Gasteiger partial charge in [0, 0.05) is 12.2 Å². The first kappa shape index (κ1) is 18.4. The van der Waals surface area contributed by atoms with Gasteiger partial charge in [0.2, 0.25) is 0 Å². The third-order valence-electron chi connectivity index (χ3n) is 4.12. The van der Waals surface area contributed by atoms with Crippen LogP contribution in [0, 0.1) is 6.92 Å². The van der Waals surface area contributed by atoms with Gasteiger partial charge in [0.05, 0.1) is 16.9 Å². The van der Waals surface area contributed by atoms with Crippen molar-refractivity contribution in [1.29, 1.82) is 0 Å². The molecule has 0 aromatic heterocycles. The van der Waals surface area contributed by atoms with Crippen LogP contribution in [0.15, 0.2) is 77.0 Å². The van der Waals surface area contributed by atoms with Gasteiger partial charge in [-0.2, -0.15) is 10.2 Å². The Balaban J connectivity index is 1.67. The maximum Gasteiger partial charge on any atom is 0.335 e. The molecule has 2 N–H and O–H groups in total. The van der Waals surface area contributed by atoms with Crippen LogP contribution in [0.25, 0.3) is 0 Å². The summed E-state index contributed by atoms with van der Waals surface area (Å²) in [7, 11) is 5.96. The number of carboxylic acid groups (broad SMARTS) is 1. The van der Waals surface area contributed by atoms with Gasteiger partial charge in [-0.15, -0.1) is 0 Å². The number of anilines is 1. The summed E-state index contributed by atoms with van der Waals surface area (Å²) < 4.78 is 0. The molecule has 0 fully saturated rings. The molecule has 0 saturated carbocycles. The molecular weight excluding hydrogens is 337 g/mol. The van der Waals surface area contributed by atoms with Crippen LogP contribution < -0.4 is 10.8 Å². The van der Waals surface area contributed by atoms with E-state index in [-0.39, 0.29) is 5.56 Å². The Morgan fingerprint density at radius 3 is 2.44 bits per heavy atom. The Morgan fingerprint density at radius 1 is 1.04 bits per heavy atom. The average Bonchev–Trinajstić information content (AvgIpc) is 2.67. The fourth-order valence-electron chi connectivity index (χ4n) is 2.55. The molecule has 3 aromatic rings. The Labute approximate surface area is 159 Å². The molecule has 0 aliphatic heterocycles. The fourth-order valence-corrected chi connectivity index (χ4v) is 2.55. The van der Waals surface area contributed by atoms with Crippen LogP contribution >= 0.6 is 0 Å². The number of carboxylic acids is 1. The number of nitrogens with zero attached hydrogens (tertiary/aromatic N) is 2. The van der Waals surface area contributed by atoms with Crippen molar-refractivity contribution in [1.82, 2.24) is 0 Å². The number of carbonyl (C=O) groups is 1. The van der Waals surface area contributed by atoms with E-state index in [4.69, 9.17) is 13.0 Å². The fraction of sp³-hybridized carbons (Fsp3) is 0.0952. The summed E-state index contributed by atoms with van der Waals surface area (Å²) >= 11 is 0. The van der Waals surface area contributed by atoms with E-state index in [1.165, 1.54) is 12.1 Å². The van der Waals surface area contributed by atoms with Gasteiger partial charge in [-0.3, -0.25) is 0 Å². The molecule has 0 atom stereocenters. The number of rotatable bonds is 6. The lowest BCUT2D eigenvalue weighted by Gasteiger charge is -2.10. The van der Waals surface area contributed by atoms with Crippen molar-refractivity contribution in [2.45, 2.75) is 13.5 Å². The molecule has 0 bridgehead atoms. The minimum atomic E-state index is -0.963. The quantitative estimate of drug-likeness (QED) is 0.505. The second-order valence-electron chi connectivity index (χ2n) is 6.11. The summed E-state index contributed by atoms with van der Waals surface area (Å²) in [5, 5.41) is 20.7. The van der Waals surface area contributed by atoms with Crippen LogP contribution in [0.2, 0.25) is 0 Å². The molecule has 3 rings (SSSR count). The summed E-state index contributed by atoms with van der Waals surface area (Å²) in [6, 6.07) is 19.9. The Hall–Kier alpha value is -3.41. The normalized spacial score (nSPS) is 10.9. The highest BCUT2D eigenvalue weighted by Crippen LogP contribution is 2.25. The molecule has 0 amide bonds. The molecule has 0 heterocycles. The molecule has 5 nitrogen and oxygen atoms in total. The van der Waals surface area contributed by atoms with E-state index in [1.807, 2.05) is 49.4 Å². The minimum absolute atomic E-state index is 0.222. The van der Waals surface area contributed by atoms with Gasteiger partial charge in [0.25, 0.3) is 0 Å². The molecule has 0 aliphatic rings. The highest BCUT2D eigenvalue weighted by molar-refractivity contribution is 6.33. The molecular formula is C21H18BN3O2. The van der Waals surface area contributed by atoms with E-state index in [0.717, 1.165) is 28.0 Å². The third kappa shape index (κ3) is 4.82. The lowest BCUT2D eigenvalue weighted by molar-refractivity contribution is 0.0697. The van der Waals surface area contributed by atoms with Crippen molar-refractivity contribution in [2.24, 2.45) is 10.2 Å². The van der Waals surface area contributed by atoms with Crippen molar-refractivity contribution in [3.63, 3.8) is 0 Å². The molecule has 0 saturated heterocycles. The van der Waals surface area contributed by atoms with Gasteiger partial charge in [-0.05, 0) is 60.5 Å². The van der Waals surface area contributed by atoms with Crippen molar-refractivity contribution < 1.29 is 9.90 Å². The van der Waals surface area contributed by atoms with Gasteiger partial charge in [-0.1, -0.05) is 29.7 Å². The largest absolute Gasteiger partial charge is 0.478 e. The lowest BCUT2D eigenvalue weighted by Crippen LogP contribution is -2.13. The minimum Gasteiger partial charge on any atom is -0.478 e. The Kier molecular flexibility index (Phi) is 5.66. The van der Waals surface area contributed by atoms with Crippen molar-refractivity contribution in [2.75, 3.05) is 5.32 Å². The highest BCUT2D eigenvalue weighted by atomic mass is 16.4. The van der Waals surface area contributed by atoms with Crippen LogP contribution in [-0.4, -0.2) is 18.9 Å². The Bertz CT molecular complexity index is 985. The maximum atomic E-state index is 10.9. The van der Waals surface area contributed by atoms with Crippen molar-refractivity contribution in [3.8, 4) is 0 Å². The second kappa shape index (κ2) is 8.32. The maximum absolute atomic E-state index is 10.9. The number of hydrogen-bond acceptors (Lipinski definition) is 4. The zero-order valence-electron chi connectivity index (χ0n) is 14.9. The number of aryl methyl sites for hydroxylation is 1. The first-order valence-electron chi connectivity index (χ1n) is 8.46. The van der Waals surface area contributed by atoms with Gasteiger partial charge in [0.15, 0.2) is 0 Å². The molecule has 3 aromatic carbocycles. The van der Waals surface area contributed by atoms with Crippen LogP contribution in [0.1, 0.15) is 21.5 Å². The molecule has 27 heavy (non-hydrogen) atoms. The monoisotopic (exact) mass is 355 g/mol. The first-order valence-corrected chi connectivity index (χ1v) is 8.46. The molecule has 0 spiro atoms.